The van der Waals surface area contributed by atoms with Gasteiger partial charge in [0.2, 0.25) is 0 Å². The van der Waals surface area contributed by atoms with Gasteiger partial charge in [0.05, 0.1) is 18.4 Å². The summed E-state index contributed by atoms with van der Waals surface area (Å²) in [5, 5.41) is 7.72. The van der Waals surface area contributed by atoms with Crippen molar-refractivity contribution in [2.45, 2.75) is 6.54 Å². The van der Waals surface area contributed by atoms with E-state index in [-0.39, 0.29) is 24.0 Å². The van der Waals surface area contributed by atoms with Crippen molar-refractivity contribution in [3.63, 3.8) is 0 Å². The summed E-state index contributed by atoms with van der Waals surface area (Å²) in [5.41, 5.74) is 2.19. The third-order valence-electron chi connectivity index (χ3n) is 3.24. The lowest BCUT2D eigenvalue weighted by Crippen LogP contribution is -2.34. The topological polar surface area (TPSA) is 45.4 Å². The molecule has 0 saturated heterocycles. The number of nitrogens with one attached hydrogen (secondary N) is 1. The molecule has 0 aliphatic carbocycles. The van der Waals surface area contributed by atoms with Gasteiger partial charge in [-0.25, -0.2) is 4.68 Å². The van der Waals surface area contributed by atoms with E-state index >= 15 is 0 Å². The number of aliphatic imine (C=N–C) groups is 1. The van der Waals surface area contributed by atoms with Gasteiger partial charge in [-0.3, -0.25) is 4.99 Å². The van der Waals surface area contributed by atoms with Gasteiger partial charge in [0.1, 0.15) is 0 Å². The van der Waals surface area contributed by atoms with Gasteiger partial charge in [0.15, 0.2) is 5.96 Å². The Morgan fingerprint density at radius 3 is 2.71 bits per heavy atom. The first kappa shape index (κ1) is 16.3. The van der Waals surface area contributed by atoms with Crippen LogP contribution in [0, 0.1) is 0 Å². The van der Waals surface area contributed by atoms with Crippen LogP contribution in [0.3, 0.4) is 0 Å². The van der Waals surface area contributed by atoms with Crippen LogP contribution in [0.4, 0.5) is 0 Å². The molecule has 1 aromatic heterocycles. The van der Waals surface area contributed by atoms with Crippen molar-refractivity contribution >= 4 is 45.9 Å². The molecule has 0 fully saturated rings. The van der Waals surface area contributed by atoms with Gasteiger partial charge in [-0.2, -0.15) is 5.10 Å². The van der Waals surface area contributed by atoms with Gasteiger partial charge in [0.25, 0.3) is 0 Å². The summed E-state index contributed by atoms with van der Waals surface area (Å²) >= 11 is 3.43. The van der Waals surface area contributed by atoms with Crippen LogP contribution in [0.1, 0.15) is 5.56 Å². The smallest absolute Gasteiger partial charge is 0.194 e. The fourth-order valence-corrected chi connectivity index (χ4v) is 2.36. The van der Waals surface area contributed by atoms with Crippen LogP contribution in [-0.4, -0.2) is 40.8 Å². The number of aromatic nitrogens is 2. The predicted octanol–water partition coefficient (Wildman–Crippen LogP) is 2.64. The number of rotatable bonds is 3. The maximum Gasteiger partial charge on any atom is 0.194 e. The normalized spacial score (nSPS) is 13.8. The van der Waals surface area contributed by atoms with Gasteiger partial charge in [-0.05, 0) is 24.3 Å². The molecule has 7 heteroatoms. The summed E-state index contributed by atoms with van der Waals surface area (Å²) in [6.07, 6.45) is 3.91. The van der Waals surface area contributed by atoms with Crippen LogP contribution in [-0.2, 0) is 6.54 Å². The van der Waals surface area contributed by atoms with E-state index < -0.39 is 0 Å². The van der Waals surface area contributed by atoms with E-state index in [0.29, 0.717) is 0 Å². The Balaban J connectivity index is 0.00000161. The van der Waals surface area contributed by atoms with E-state index in [9.17, 15) is 0 Å². The van der Waals surface area contributed by atoms with Crippen molar-refractivity contribution in [3.05, 3.63) is 46.7 Å². The Hall–Kier alpha value is -1.09. The highest BCUT2D eigenvalue weighted by atomic mass is 127. The van der Waals surface area contributed by atoms with Gasteiger partial charge in [-0.15, -0.1) is 24.0 Å². The third-order valence-corrected chi connectivity index (χ3v) is 3.77. The second-order valence-electron chi connectivity index (χ2n) is 4.75. The van der Waals surface area contributed by atoms with Crippen molar-refractivity contribution < 1.29 is 0 Å². The largest absolute Gasteiger partial charge is 0.352 e. The lowest BCUT2D eigenvalue weighted by atomic mass is 10.3. The fourth-order valence-electron chi connectivity index (χ4n) is 2.09. The van der Waals surface area contributed by atoms with Crippen LogP contribution in [0.2, 0.25) is 0 Å². The Bertz CT molecular complexity index is 623. The van der Waals surface area contributed by atoms with E-state index in [0.717, 1.165) is 41.3 Å². The zero-order valence-electron chi connectivity index (χ0n) is 11.7. The monoisotopic (exact) mass is 461 g/mol. The van der Waals surface area contributed by atoms with Gasteiger partial charge in [0, 0.05) is 36.4 Å². The van der Waals surface area contributed by atoms with E-state index in [2.05, 4.69) is 36.2 Å². The minimum absolute atomic E-state index is 0. The van der Waals surface area contributed by atoms with Crippen LogP contribution in [0.5, 0.6) is 0 Å². The van der Waals surface area contributed by atoms with Crippen molar-refractivity contribution in [1.82, 2.24) is 20.0 Å². The molecule has 1 aliphatic rings. The molecule has 1 aliphatic heterocycles. The van der Waals surface area contributed by atoms with Crippen LogP contribution in [0.15, 0.2) is 46.1 Å². The van der Waals surface area contributed by atoms with Crippen molar-refractivity contribution in [3.8, 4) is 5.69 Å². The molecule has 3 rings (SSSR count). The number of hydrogen-bond acceptors (Lipinski definition) is 4. The van der Waals surface area contributed by atoms with Gasteiger partial charge in [-0.1, -0.05) is 15.9 Å². The minimum atomic E-state index is 0. The Kier molecular flexibility index (Phi) is 5.63. The fraction of sp³-hybridized carbons (Fsp3) is 0.286. The molecule has 0 spiro atoms. The molecule has 1 N–H and O–H groups in total. The van der Waals surface area contributed by atoms with E-state index in [1.54, 1.807) is 0 Å². The van der Waals surface area contributed by atoms with E-state index in [1.807, 2.05) is 48.4 Å². The zero-order valence-corrected chi connectivity index (χ0v) is 15.6. The second-order valence-corrected chi connectivity index (χ2v) is 5.67. The van der Waals surface area contributed by atoms with Gasteiger partial charge >= 0.3 is 0 Å². The first-order chi connectivity index (χ1) is 9.72. The molecule has 21 heavy (non-hydrogen) atoms. The van der Waals surface area contributed by atoms with Crippen LogP contribution < -0.4 is 5.32 Å². The highest BCUT2D eigenvalue weighted by Crippen LogP contribution is 2.14. The minimum Gasteiger partial charge on any atom is -0.352 e. The Morgan fingerprint density at radius 1 is 1.29 bits per heavy atom. The number of halogens is 2. The van der Waals surface area contributed by atoms with Crippen molar-refractivity contribution in [2.24, 2.45) is 4.99 Å². The lowest BCUT2D eigenvalue weighted by Gasteiger charge is -2.14. The van der Waals surface area contributed by atoms with Gasteiger partial charge < -0.3 is 10.2 Å². The summed E-state index contributed by atoms with van der Waals surface area (Å²) < 4.78 is 2.95. The van der Waals surface area contributed by atoms with Crippen molar-refractivity contribution in [1.29, 1.82) is 0 Å². The molecule has 1 aromatic carbocycles. The summed E-state index contributed by atoms with van der Waals surface area (Å²) in [4.78, 5) is 6.53. The molecule has 112 valence electrons. The number of benzene rings is 1. The summed E-state index contributed by atoms with van der Waals surface area (Å²) in [5.74, 6) is 0.960. The molecule has 0 radical (unpaired) electrons. The number of guanidine groups is 1. The predicted molar refractivity (Wildman–Crippen MR) is 98.5 cm³/mol. The maximum atomic E-state index is 4.41. The number of nitrogens with zero attached hydrogens (tertiary/aromatic N) is 4. The third kappa shape index (κ3) is 3.97. The molecule has 5 nitrogen and oxygen atoms in total. The molecule has 0 bridgehead atoms. The molecule has 2 heterocycles. The summed E-state index contributed by atoms with van der Waals surface area (Å²) in [7, 11) is 2.05. The first-order valence-corrected chi connectivity index (χ1v) is 7.30. The first-order valence-electron chi connectivity index (χ1n) is 6.51. The second kappa shape index (κ2) is 7.26. The van der Waals surface area contributed by atoms with Crippen molar-refractivity contribution in [2.75, 3.05) is 20.1 Å². The van der Waals surface area contributed by atoms with Crippen LogP contribution >= 0.6 is 39.9 Å². The average Bonchev–Trinajstić information content (AvgIpc) is 3.06. The number of hydrogen-bond donors (Lipinski definition) is 1. The lowest BCUT2D eigenvalue weighted by molar-refractivity contribution is 0.534. The summed E-state index contributed by atoms with van der Waals surface area (Å²) in [6.45, 7) is 2.59. The quantitative estimate of drug-likeness (QED) is 0.714. The number of likely N-dealkylation sites (N-methyl/N-ethyl adjacent to an activating group) is 1. The molecule has 0 atom stereocenters. The molecule has 0 saturated carbocycles. The SMILES string of the molecule is CN1CCN=C1NCc1cnn(-c2ccc(Br)cc2)c1.I. The molecular weight excluding hydrogens is 445 g/mol. The van der Waals surface area contributed by atoms with E-state index in [1.165, 1.54) is 0 Å². The zero-order chi connectivity index (χ0) is 13.9. The maximum absolute atomic E-state index is 4.41. The highest BCUT2D eigenvalue weighted by molar-refractivity contribution is 14.0. The summed E-state index contributed by atoms with van der Waals surface area (Å²) in [6, 6.07) is 8.08. The highest BCUT2D eigenvalue weighted by Gasteiger charge is 2.11. The standard InChI is InChI=1S/C14H16BrN5.HI/c1-19-7-6-16-14(19)17-8-11-9-18-20(10-11)13-4-2-12(15)3-5-13;/h2-5,9-10H,6-8H2,1H3,(H,16,17);1H. The van der Waals surface area contributed by atoms with Crippen LogP contribution in [0.25, 0.3) is 5.69 Å². The molecule has 0 amide bonds. The van der Waals surface area contributed by atoms with E-state index in [4.69, 9.17) is 0 Å². The molecular formula is C14H17BrIN5. The molecule has 0 unspecified atom stereocenters. The Morgan fingerprint density at radius 2 is 2.05 bits per heavy atom. The Labute approximate surface area is 149 Å². The molecule has 2 aromatic rings. The average molecular weight is 462 g/mol.